The highest BCUT2D eigenvalue weighted by Crippen LogP contribution is 2.14. The van der Waals surface area contributed by atoms with Gasteiger partial charge in [-0.2, -0.15) is 9.40 Å². The first-order chi connectivity index (χ1) is 8.41. The van der Waals surface area contributed by atoms with Gasteiger partial charge in [0, 0.05) is 12.7 Å². The van der Waals surface area contributed by atoms with Crippen LogP contribution in [0.4, 0.5) is 0 Å². The lowest BCUT2D eigenvalue weighted by Gasteiger charge is -2.16. The van der Waals surface area contributed by atoms with E-state index in [9.17, 15) is 13.2 Å². The van der Waals surface area contributed by atoms with Gasteiger partial charge in [-0.3, -0.25) is 9.48 Å². The molecule has 0 radical (unpaired) electrons. The summed E-state index contributed by atoms with van der Waals surface area (Å²) in [7, 11) is -3.71. The van der Waals surface area contributed by atoms with Crippen molar-refractivity contribution in [2.75, 3.05) is 13.1 Å². The second-order valence-corrected chi connectivity index (χ2v) is 5.34. The average Bonchev–Trinajstić information content (AvgIpc) is 2.73. The Balaban J connectivity index is 3.02. The van der Waals surface area contributed by atoms with Gasteiger partial charge in [-0.15, -0.1) is 6.42 Å². The number of nitrogens with zero attached hydrogens (tertiary/aromatic N) is 3. The van der Waals surface area contributed by atoms with Gasteiger partial charge in [0.2, 0.25) is 10.0 Å². The fourth-order valence-electron chi connectivity index (χ4n) is 1.32. The van der Waals surface area contributed by atoms with Crippen LogP contribution in [0.1, 0.15) is 6.92 Å². The van der Waals surface area contributed by atoms with E-state index in [4.69, 9.17) is 11.5 Å². The van der Waals surface area contributed by atoms with E-state index in [0.717, 1.165) is 15.2 Å². The molecule has 0 atom stereocenters. The summed E-state index contributed by atoms with van der Waals surface area (Å²) in [5.41, 5.74) is 0. The number of carbonyl (C=O) groups is 1. The van der Waals surface area contributed by atoms with E-state index in [1.807, 2.05) is 0 Å². The van der Waals surface area contributed by atoms with Crippen LogP contribution >= 0.6 is 0 Å². The number of terminal acetylenes is 1. The van der Waals surface area contributed by atoms with Crippen LogP contribution in [-0.2, 0) is 21.4 Å². The Labute approximate surface area is 105 Å². The van der Waals surface area contributed by atoms with Crippen molar-refractivity contribution < 1.29 is 18.3 Å². The third kappa shape index (κ3) is 3.09. The summed E-state index contributed by atoms with van der Waals surface area (Å²) >= 11 is 0. The second kappa shape index (κ2) is 5.66. The Kier molecular flexibility index (Phi) is 4.47. The molecular formula is C10H13N3O4S. The van der Waals surface area contributed by atoms with E-state index in [2.05, 4.69) is 11.0 Å². The van der Waals surface area contributed by atoms with E-state index in [-0.39, 0.29) is 18.0 Å². The molecule has 1 heterocycles. The van der Waals surface area contributed by atoms with Crippen LogP contribution in [0.3, 0.4) is 0 Å². The van der Waals surface area contributed by atoms with Gasteiger partial charge in [-0.1, -0.05) is 12.8 Å². The fraction of sp³-hybridized carbons (Fsp3) is 0.400. The first-order valence-corrected chi connectivity index (χ1v) is 6.53. The number of sulfonamides is 1. The minimum absolute atomic E-state index is 0.0387. The zero-order valence-corrected chi connectivity index (χ0v) is 10.6. The maximum atomic E-state index is 12.1. The monoisotopic (exact) mass is 271 g/mol. The molecule has 0 aliphatic rings. The number of hydrogen-bond donors (Lipinski definition) is 1. The third-order valence-corrected chi connectivity index (χ3v) is 4.04. The van der Waals surface area contributed by atoms with Crippen molar-refractivity contribution in [1.29, 1.82) is 0 Å². The summed E-state index contributed by atoms with van der Waals surface area (Å²) in [5.74, 6) is 1.16. The fourth-order valence-corrected chi connectivity index (χ4v) is 2.64. The van der Waals surface area contributed by atoms with Crippen molar-refractivity contribution in [3.8, 4) is 12.3 Å². The molecule has 1 aromatic heterocycles. The van der Waals surface area contributed by atoms with Crippen molar-refractivity contribution in [3.05, 3.63) is 12.4 Å². The van der Waals surface area contributed by atoms with E-state index in [0.29, 0.717) is 0 Å². The quantitative estimate of drug-likeness (QED) is 0.711. The van der Waals surface area contributed by atoms with Gasteiger partial charge in [-0.25, -0.2) is 8.42 Å². The number of aliphatic carboxylic acids is 1. The molecule has 0 saturated carbocycles. The number of rotatable bonds is 6. The first kappa shape index (κ1) is 14.2. The lowest BCUT2D eigenvalue weighted by molar-refractivity contribution is -0.137. The molecule has 7 nitrogen and oxygen atoms in total. The van der Waals surface area contributed by atoms with Gasteiger partial charge in [0.25, 0.3) is 0 Å². The van der Waals surface area contributed by atoms with Gasteiger partial charge < -0.3 is 5.11 Å². The van der Waals surface area contributed by atoms with Crippen LogP contribution in [0.2, 0.25) is 0 Å². The standard InChI is InChI=1S/C10H13N3O4S/c1-3-5-13(4-2)18(16,17)9-6-11-12(7-9)8-10(14)15/h1,6-7H,4-5,8H2,2H3,(H,14,15). The van der Waals surface area contributed by atoms with Crippen LogP contribution in [-0.4, -0.2) is 46.7 Å². The van der Waals surface area contributed by atoms with Crippen LogP contribution in [0, 0.1) is 12.3 Å². The number of carboxylic acid groups (broad SMARTS) is 1. The highest BCUT2D eigenvalue weighted by atomic mass is 32.2. The molecule has 0 amide bonds. The molecule has 8 heteroatoms. The van der Waals surface area contributed by atoms with Crippen molar-refractivity contribution >= 4 is 16.0 Å². The molecule has 0 aromatic carbocycles. The SMILES string of the molecule is C#CCN(CC)S(=O)(=O)c1cnn(CC(=O)O)c1. The number of aromatic nitrogens is 2. The molecule has 0 saturated heterocycles. The molecule has 0 spiro atoms. The van der Waals surface area contributed by atoms with Crippen molar-refractivity contribution in [2.45, 2.75) is 18.4 Å². The van der Waals surface area contributed by atoms with Gasteiger partial charge in [0.05, 0.1) is 12.7 Å². The lowest BCUT2D eigenvalue weighted by Crippen LogP contribution is -2.31. The van der Waals surface area contributed by atoms with E-state index in [1.54, 1.807) is 6.92 Å². The molecule has 0 aliphatic carbocycles. The summed E-state index contributed by atoms with van der Waals surface area (Å²) in [6, 6.07) is 0. The van der Waals surface area contributed by atoms with E-state index in [1.165, 1.54) is 6.20 Å². The van der Waals surface area contributed by atoms with Crippen LogP contribution in [0.15, 0.2) is 17.3 Å². The molecule has 1 rings (SSSR count). The summed E-state index contributed by atoms with van der Waals surface area (Å²) in [6.45, 7) is 1.47. The minimum Gasteiger partial charge on any atom is -0.480 e. The van der Waals surface area contributed by atoms with Gasteiger partial charge in [0.1, 0.15) is 11.4 Å². The highest BCUT2D eigenvalue weighted by molar-refractivity contribution is 7.89. The van der Waals surface area contributed by atoms with E-state index < -0.39 is 22.5 Å². The molecular weight excluding hydrogens is 258 g/mol. The third-order valence-electron chi connectivity index (χ3n) is 2.16. The van der Waals surface area contributed by atoms with Gasteiger partial charge in [0.15, 0.2) is 0 Å². The summed E-state index contributed by atoms with van der Waals surface area (Å²) in [4.78, 5) is 10.4. The molecule has 0 bridgehead atoms. The predicted octanol–water partition coefficient (Wildman–Crippen LogP) is -0.388. The average molecular weight is 271 g/mol. The topological polar surface area (TPSA) is 92.5 Å². The Hall–Kier alpha value is -1.85. The first-order valence-electron chi connectivity index (χ1n) is 5.09. The Morgan fingerprint density at radius 2 is 2.33 bits per heavy atom. The maximum Gasteiger partial charge on any atom is 0.325 e. The van der Waals surface area contributed by atoms with Gasteiger partial charge in [-0.05, 0) is 0 Å². The lowest BCUT2D eigenvalue weighted by atomic mass is 10.6. The normalized spacial score (nSPS) is 11.4. The Bertz CT molecular complexity index is 570. The van der Waals surface area contributed by atoms with Crippen molar-refractivity contribution in [1.82, 2.24) is 14.1 Å². The molecule has 1 aromatic rings. The largest absolute Gasteiger partial charge is 0.480 e. The zero-order valence-electron chi connectivity index (χ0n) is 9.78. The van der Waals surface area contributed by atoms with E-state index >= 15 is 0 Å². The molecule has 0 fully saturated rings. The number of carboxylic acids is 1. The maximum absolute atomic E-state index is 12.1. The molecule has 18 heavy (non-hydrogen) atoms. The predicted molar refractivity (Wildman–Crippen MR) is 63.1 cm³/mol. The Morgan fingerprint density at radius 3 is 2.83 bits per heavy atom. The minimum atomic E-state index is -3.71. The van der Waals surface area contributed by atoms with Gasteiger partial charge >= 0.3 is 5.97 Å². The molecule has 0 aliphatic heterocycles. The Morgan fingerprint density at radius 1 is 1.67 bits per heavy atom. The van der Waals surface area contributed by atoms with Crippen LogP contribution < -0.4 is 0 Å². The van der Waals surface area contributed by atoms with Crippen molar-refractivity contribution in [2.24, 2.45) is 0 Å². The molecule has 98 valence electrons. The summed E-state index contributed by atoms with van der Waals surface area (Å²) in [6.07, 6.45) is 7.37. The summed E-state index contributed by atoms with van der Waals surface area (Å²) < 4.78 is 26.3. The smallest absolute Gasteiger partial charge is 0.325 e. The van der Waals surface area contributed by atoms with Crippen LogP contribution in [0.5, 0.6) is 0 Å². The molecule has 0 unspecified atom stereocenters. The van der Waals surface area contributed by atoms with Crippen molar-refractivity contribution in [3.63, 3.8) is 0 Å². The second-order valence-electron chi connectivity index (χ2n) is 3.40. The number of hydrogen-bond acceptors (Lipinski definition) is 4. The molecule has 1 N–H and O–H groups in total. The van der Waals surface area contributed by atoms with Crippen LogP contribution in [0.25, 0.3) is 0 Å². The summed E-state index contributed by atoms with van der Waals surface area (Å²) in [5, 5.41) is 12.2. The highest BCUT2D eigenvalue weighted by Gasteiger charge is 2.24. The zero-order chi connectivity index (χ0) is 13.8.